The first-order chi connectivity index (χ1) is 9.63. The second-order valence-corrected chi connectivity index (χ2v) is 4.76. The number of rotatable bonds is 5. The molecule has 0 aliphatic rings. The lowest BCUT2D eigenvalue weighted by molar-refractivity contribution is 0.278. The summed E-state index contributed by atoms with van der Waals surface area (Å²) in [5.41, 5.74) is 4.20. The Balaban J connectivity index is 2.08. The number of aliphatic hydroxyl groups is 1. The molecule has 0 saturated heterocycles. The van der Waals surface area contributed by atoms with E-state index in [9.17, 15) is 10.2 Å². The third-order valence-electron chi connectivity index (χ3n) is 3.35. The fourth-order valence-corrected chi connectivity index (χ4v) is 2.04. The molecule has 0 unspecified atom stereocenters. The van der Waals surface area contributed by atoms with Crippen molar-refractivity contribution in [2.75, 3.05) is 0 Å². The summed E-state index contributed by atoms with van der Waals surface area (Å²) in [6.07, 6.45) is 5.19. The Labute approximate surface area is 118 Å². The zero-order valence-electron chi connectivity index (χ0n) is 11.7. The Morgan fingerprint density at radius 2 is 1.95 bits per heavy atom. The second kappa shape index (κ2) is 6.45. The van der Waals surface area contributed by atoms with Gasteiger partial charge in [-0.1, -0.05) is 0 Å². The van der Waals surface area contributed by atoms with Gasteiger partial charge in [0.2, 0.25) is 0 Å². The minimum absolute atomic E-state index is 0.133. The van der Waals surface area contributed by atoms with E-state index in [1.807, 2.05) is 19.2 Å². The van der Waals surface area contributed by atoms with Crippen molar-refractivity contribution < 1.29 is 10.2 Å². The lowest BCUT2D eigenvalue weighted by atomic mass is 10.1. The van der Waals surface area contributed by atoms with Crippen molar-refractivity contribution >= 4 is 0 Å². The summed E-state index contributed by atoms with van der Waals surface area (Å²) < 4.78 is 0. The molecule has 2 rings (SSSR count). The van der Waals surface area contributed by atoms with Crippen LogP contribution in [0.1, 0.15) is 27.9 Å². The number of pyridine rings is 2. The highest BCUT2D eigenvalue weighted by Crippen LogP contribution is 2.23. The Kier molecular flexibility index (Phi) is 4.65. The van der Waals surface area contributed by atoms with E-state index in [1.54, 1.807) is 19.3 Å². The van der Waals surface area contributed by atoms with Gasteiger partial charge in [-0.2, -0.15) is 0 Å². The van der Waals surface area contributed by atoms with Gasteiger partial charge in [0.05, 0.1) is 12.3 Å². The van der Waals surface area contributed by atoms with Crippen molar-refractivity contribution in [1.82, 2.24) is 15.3 Å². The smallest absolute Gasteiger partial charge is 0.141 e. The molecule has 106 valence electrons. The molecule has 0 amide bonds. The summed E-state index contributed by atoms with van der Waals surface area (Å²) in [4.78, 5) is 8.10. The zero-order valence-corrected chi connectivity index (χ0v) is 11.7. The van der Waals surface area contributed by atoms with Crippen molar-refractivity contribution in [3.63, 3.8) is 0 Å². The monoisotopic (exact) mass is 273 g/mol. The van der Waals surface area contributed by atoms with Crippen LogP contribution in [0, 0.1) is 13.8 Å². The average Bonchev–Trinajstić information content (AvgIpc) is 2.45. The van der Waals surface area contributed by atoms with Gasteiger partial charge in [0.1, 0.15) is 5.75 Å². The summed E-state index contributed by atoms with van der Waals surface area (Å²) >= 11 is 0. The molecule has 0 saturated carbocycles. The highest BCUT2D eigenvalue weighted by atomic mass is 16.3. The van der Waals surface area contributed by atoms with E-state index in [1.165, 1.54) is 0 Å². The maximum atomic E-state index is 10.0. The summed E-state index contributed by atoms with van der Waals surface area (Å²) in [6.45, 7) is 4.78. The maximum absolute atomic E-state index is 10.0. The zero-order chi connectivity index (χ0) is 14.5. The fraction of sp³-hybridized carbons (Fsp3) is 0.333. The van der Waals surface area contributed by atoms with E-state index in [0.717, 1.165) is 11.1 Å². The molecule has 20 heavy (non-hydrogen) atoms. The SMILES string of the molecule is Cc1cnccc1CNCc1c(CO)cnc(C)c1O. The Morgan fingerprint density at radius 3 is 2.65 bits per heavy atom. The minimum atomic E-state index is -0.133. The van der Waals surface area contributed by atoms with Crippen LogP contribution in [0.15, 0.2) is 24.7 Å². The van der Waals surface area contributed by atoms with Crippen LogP contribution in [0.4, 0.5) is 0 Å². The van der Waals surface area contributed by atoms with Crippen molar-refractivity contribution in [3.8, 4) is 5.75 Å². The third kappa shape index (κ3) is 3.12. The van der Waals surface area contributed by atoms with Gasteiger partial charge in [0.15, 0.2) is 0 Å². The number of aromatic nitrogens is 2. The molecule has 3 N–H and O–H groups in total. The molecular weight excluding hydrogens is 254 g/mol. The number of aliphatic hydroxyl groups excluding tert-OH is 1. The largest absolute Gasteiger partial charge is 0.506 e. The summed E-state index contributed by atoms with van der Waals surface area (Å²) in [6, 6.07) is 1.97. The van der Waals surface area contributed by atoms with Gasteiger partial charge >= 0.3 is 0 Å². The molecule has 2 aromatic heterocycles. The van der Waals surface area contributed by atoms with E-state index in [-0.39, 0.29) is 12.4 Å². The molecular formula is C15H19N3O2. The van der Waals surface area contributed by atoms with Crippen molar-refractivity contribution in [3.05, 3.63) is 52.6 Å². The van der Waals surface area contributed by atoms with Crippen molar-refractivity contribution in [1.29, 1.82) is 0 Å². The van der Waals surface area contributed by atoms with E-state index in [0.29, 0.717) is 29.9 Å². The molecule has 2 aromatic rings. The molecule has 0 spiro atoms. The van der Waals surface area contributed by atoms with Crippen LogP contribution in [0.25, 0.3) is 0 Å². The molecule has 5 heteroatoms. The molecule has 0 radical (unpaired) electrons. The lowest BCUT2D eigenvalue weighted by Crippen LogP contribution is -2.15. The van der Waals surface area contributed by atoms with E-state index >= 15 is 0 Å². The summed E-state index contributed by atoms with van der Waals surface area (Å²) in [7, 11) is 0. The highest BCUT2D eigenvalue weighted by Gasteiger charge is 2.11. The second-order valence-electron chi connectivity index (χ2n) is 4.76. The molecule has 0 aromatic carbocycles. The standard InChI is InChI=1S/C15H19N3O2/c1-10-5-16-4-3-12(10)6-17-8-14-13(9-19)7-18-11(2)15(14)20/h3-5,7,17,19-20H,6,8-9H2,1-2H3. The van der Waals surface area contributed by atoms with Gasteiger partial charge < -0.3 is 15.5 Å². The molecule has 2 heterocycles. The quantitative estimate of drug-likeness (QED) is 0.771. The number of hydrogen-bond donors (Lipinski definition) is 3. The van der Waals surface area contributed by atoms with Crippen LogP contribution < -0.4 is 5.32 Å². The van der Waals surface area contributed by atoms with Crippen LogP contribution in [0.5, 0.6) is 5.75 Å². The van der Waals surface area contributed by atoms with Crippen LogP contribution in [-0.4, -0.2) is 20.2 Å². The fourth-order valence-electron chi connectivity index (χ4n) is 2.04. The Bertz CT molecular complexity index is 600. The van der Waals surface area contributed by atoms with Gasteiger partial charge in [-0.15, -0.1) is 0 Å². The average molecular weight is 273 g/mol. The minimum Gasteiger partial charge on any atom is -0.506 e. The Morgan fingerprint density at radius 1 is 1.15 bits per heavy atom. The lowest BCUT2D eigenvalue weighted by Gasteiger charge is -2.13. The van der Waals surface area contributed by atoms with Crippen LogP contribution in [0.3, 0.4) is 0 Å². The first-order valence-electron chi connectivity index (χ1n) is 6.51. The number of aryl methyl sites for hydroxylation is 2. The van der Waals surface area contributed by atoms with Crippen molar-refractivity contribution in [2.24, 2.45) is 0 Å². The number of nitrogens with zero attached hydrogens (tertiary/aromatic N) is 2. The van der Waals surface area contributed by atoms with Gasteiger partial charge in [-0.3, -0.25) is 9.97 Å². The molecule has 0 fully saturated rings. The molecule has 5 nitrogen and oxygen atoms in total. The predicted molar refractivity (Wildman–Crippen MR) is 76.1 cm³/mol. The van der Waals surface area contributed by atoms with Gasteiger partial charge in [-0.05, 0) is 31.0 Å². The number of hydrogen-bond acceptors (Lipinski definition) is 5. The van der Waals surface area contributed by atoms with Gasteiger partial charge in [0, 0.05) is 42.8 Å². The number of aromatic hydroxyl groups is 1. The Hall–Kier alpha value is -1.98. The van der Waals surface area contributed by atoms with Crippen LogP contribution in [-0.2, 0) is 19.7 Å². The molecule has 0 aliphatic carbocycles. The van der Waals surface area contributed by atoms with Gasteiger partial charge in [0.25, 0.3) is 0 Å². The molecule has 0 aliphatic heterocycles. The highest BCUT2D eigenvalue weighted by molar-refractivity contribution is 5.40. The van der Waals surface area contributed by atoms with Crippen molar-refractivity contribution in [2.45, 2.75) is 33.5 Å². The summed E-state index contributed by atoms with van der Waals surface area (Å²) in [5.74, 6) is 0.149. The maximum Gasteiger partial charge on any atom is 0.141 e. The molecule has 0 bridgehead atoms. The first kappa shape index (κ1) is 14.4. The summed E-state index contributed by atoms with van der Waals surface area (Å²) in [5, 5.41) is 22.6. The van der Waals surface area contributed by atoms with Crippen LogP contribution >= 0.6 is 0 Å². The van der Waals surface area contributed by atoms with E-state index in [4.69, 9.17) is 0 Å². The normalized spacial score (nSPS) is 10.8. The van der Waals surface area contributed by atoms with E-state index in [2.05, 4.69) is 15.3 Å². The first-order valence-corrected chi connectivity index (χ1v) is 6.51. The topological polar surface area (TPSA) is 78.3 Å². The molecule has 0 atom stereocenters. The third-order valence-corrected chi connectivity index (χ3v) is 3.35. The van der Waals surface area contributed by atoms with Gasteiger partial charge in [-0.25, -0.2) is 0 Å². The van der Waals surface area contributed by atoms with Crippen LogP contribution in [0.2, 0.25) is 0 Å². The predicted octanol–water partition coefficient (Wildman–Crippen LogP) is 1.58. The number of nitrogens with one attached hydrogen (secondary N) is 1. The van der Waals surface area contributed by atoms with E-state index < -0.39 is 0 Å².